The van der Waals surface area contributed by atoms with Gasteiger partial charge in [0.05, 0.1) is 24.7 Å². The Kier molecular flexibility index (Phi) is 4.84. The average Bonchev–Trinajstić information content (AvgIpc) is 3.21. The van der Waals surface area contributed by atoms with Crippen LogP contribution in [0.3, 0.4) is 0 Å². The molecule has 3 rings (SSSR count). The fraction of sp³-hybridized carbons (Fsp3) is 0.150. The first kappa shape index (κ1) is 17.4. The summed E-state index contributed by atoms with van der Waals surface area (Å²) < 4.78 is 6.68. The molecule has 3 aromatic rings. The Balaban J connectivity index is 1.94. The van der Waals surface area contributed by atoms with Gasteiger partial charge in [0, 0.05) is 30.7 Å². The molecule has 0 unspecified atom stereocenters. The van der Waals surface area contributed by atoms with Crippen LogP contribution < -0.4 is 4.90 Å². The molecular weight excluding hydrogens is 330 g/mol. The van der Waals surface area contributed by atoms with E-state index >= 15 is 0 Å². The van der Waals surface area contributed by atoms with Gasteiger partial charge in [0.1, 0.15) is 0 Å². The highest BCUT2D eigenvalue weighted by atomic mass is 16.5. The number of aromatic nitrogens is 2. The number of methoxy groups -OCH3 is 1. The summed E-state index contributed by atoms with van der Waals surface area (Å²) in [5, 5.41) is 0. The third-order valence-corrected chi connectivity index (χ3v) is 4.22. The van der Waals surface area contributed by atoms with Crippen molar-refractivity contribution in [2.45, 2.75) is 6.92 Å². The zero-order valence-electron chi connectivity index (χ0n) is 14.8. The maximum Gasteiger partial charge on any atom is 0.339 e. The van der Waals surface area contributed by atoms with Crippen molar-refractivity contribution in [3.05, 3.63) is 77.9 Å². The molecule has 0 aliphatic carbocycles. The van der Waals surface area contributed by atoms with Crippen LogP contribution in [0.15, 0.2) is 61.2 Å². The first-order valence-electron chi connectivity index (χ1n) is 8.07. The van der Waals surface area contributed by atoms with E-state index in [1.54, 1.807) is 49.9 Å². The summed E-state index contributed by atoms with van der Waals surface area (Å²) in [5.74, 6) is -0.677. The van der Waals surface area contributed by atoms with Crippen LogP contribution in [-0.2, 0) is 4.74 Å². The van der Waals surface area contributed by atoms with E-state index in [9.17, 15) is 9.59 Å². The third kappa shape index (κ3) is 3.21. The third-order valence-electron chi connectivity index (χ3n) is 4.22. The van der Waals surface area contributed by atoms with Crippen LogP contribution in [0.5, 0.6) is 0 Å². The molecule has 0 bridgehead atoms. The molecule has 1 heterocycles. The molecule has 1 amide bonds. The van der Waals surface area contributed by atoms with E-state index in [0.717, 1.165) is 11.3 Å². The molecule has 0 aliphatic rings. The van der Waals surface area contributed by atoms with Crippen molar-refractivity contribution in [2.75, 3.05) is 19.1 Å². The Morgan fingerprint density at radius 2 is 1.88 bits per heavy atom. The predicted molar refractivity (Wildman–Crippen MR) is 98.8 cm³/mol. The first-order chi connectivity index (χ1) is 12.5. The molecule has 0 saturated heterocycles. The van der Waals surface area contributed by atoms with Crippen molar-refractivity contribution in [1.29, 1.82) is 0 Å². The number of esters is 1. The van der Waals surface area contributed by atoms with Crippen LogP contribution in [0.25, 0.3) is 5.69 Å². The number of benzene rings is 2. The normalized spacial score (nSPS) is 10.4. The number of amides is 1. The lowest BCUT2D eigenvalue weighted by atomic mass is 10.1. The van der Waals surface area contributed by atoms with Crippen LogP contribution in [0.1, 0.15) is 26.3 Å². The fourth-order valence-corrected chi connectivity index (χ4v) is 2.80. The number of nitrogens with zero attached hydrogens (tertiary/aromatic N) is 3. The second kappa shape index (κ2) is 7.23. The van der Waals surface area contributed by atoms with Crippen molar-refractivity contribution in [1.82, 2.24) is 9.55 Å². The largest absolute Gasteiger partial charge is 0.465 e. The van der Waals surface area contributed by atoms with E-state index in [-0.39, 0.29) is 5.91 Å². The number of aryl methyl sites for hydroxylation is 1. The molecule has 0 saturated carbocycles. The molecule has 6 nitrogen and oxygen atoms in total. The fourth-order valence-electron chi connectivity index (χ4n) is 2.80. The molecule has 132 valence electrons. The Morgan fingerprint density at radius 3 is 2.54 bits per heavy atom. The van der Waals surface area contributed by atoms with Gasteiger partial charge in [-0.05, 0) is 42.8 Å². The number of anilines is 1. The van der Waals surface area contributed by atoms with Crippen molar-refractivity contribution in [3.63, 3.8) is 0 Å². The lowest BCUT2D eigenvalue weighted by Crippen LogP contribution is -2.28. The average molecular weight is 349 g/mol. The number of imidazole rings is 1. The Morgan fingerprint density at radius 1 is 1.12 bits per heavy atom. The molecule has 0 fully saturated rings. The van der Waals surface area contributed by atoms with Crippen molar-refractivity contribution < 1.29 is 14.3 Å². The maximum absolute atomic E-state index is 13.0. The Bertz CT molecular complexity index is 949. The van der Waals surface area contributed by atoms with Crippen LogP contribution >= 0.6 is 0 Å². The second-order valence-electron chi connectivity index (χ2n) is 5.84. The number of carbonyl (C=O) groups is 2. The molecule has 0 spiro atoms. The van der Waals surface area contributed by atoms with E-state index in [1.807, 2.05) is 29.8 Å². The molecule has 0 N–H and O–H groups in total. The number of rotatable bonds is 4. The summed E-state index contributed by atoms with van der Waals surface area (Å²) in [6, 6.07) is 12.4. The summed E-state index contributed by atoms with van der Waals surface area (Å²) in [4.78, 5) is 30.4. The van der Waals surface area contributed by atoms with E-state index < -0.39 is 5.97 Å². The molecular formula is C20H19N3O3. The highest BCUT2D eigenvalue weighted by molar-refractivity contribution is 6.10. The highest BCUT2D eigenvalue weighted by Crippen LogP contribution is 2.23. The van der Waals surface area contributed by atoms with Crippen molar-refractivity contribution >= 4 is 17.6 Å². The molecule has 2 aromatic carbocycles. The van der Waals surface area contributed by atoms with Gasteiger partial charge in [-0.25, -0.2) is 9.78 Å². The zero-order valence-corrected chi connectivity index (χ0v) is 14.8. The summed E-state index contributed by atoms with van der Waals surface area (Å²) in [6.45, 7) is 1.88. The van der Waals surface area contributed by atoms with Gasteiger partial charge in [-0.15, -0.1) is 0 Å². The van der Waals surface area contributed by atoms with Gasteiger partial charge < -0.3 is 14.2 Å². The topological polar surface area (TPSA) is 64.4 Å². The SMILES string of the molecule is COC(=O)c1ccccc1N(C)C(=O)c1ccc(-n2ccnc2)cc1C. The second-order valence-corrected chi connectivity index (χ2v) is 5.84. The van der Waals surface area contributed by atoms with Gasteiger partial charge in [-0.1, -0.05) is 12.1 Å². The standard InChI is InChI=1S/C20H19N3O3/c1-14-12-15(23-11-10-21-13-23)8-9-16(14)19(24)22(2)18-7-5-4-6-17(18)20(25)26-3/h4-13H,1-3H3. The molecule has 0 radical (unpaired) electrons. The van der Waals surface area contributed by atoms with Crippen molar-refractivity contribution in [3.8, 4) is 5.69 Å². The van der Waals surface area contributed by atoms with E-state index in [1.165, 1.54) is 12.0 Å². The van der Waals surface area contributed by atoms with Crippen molar-refractivity contribution in [2.24, 2.45) is 0 Å². The van der Waals surface area contributed by atoms with Gasteiger partial charge >= 0.3 is 5.97 Å². The molecule has 6 heteroatoms. The summed E-state index contributed by atoms with van der Waals surface area (Å²) in [6.07, 6.45) is 5.25. The Labute approximate surface area is 151 Å². The van der Waals surface area contributed by atoms with E-state index in [4.69, 9.17) is 4.74 Å². The van der Waals surface area contributed by atoms with E-state index in [0.29, 0.717) is 16.8 Å². The van der Waals surface area contributed by atoms with E-state index in [2.05, 4.69) is 4.98 Å². The smallest absolute Gasteiger partial charge is 0.339 e. The van der Waals surface area contributed by atoms with Crippen LogP contribution in [0, 0.1) is 6.92 Å². The summed E-state index contributed by atoms with van der Waals surface area (Å²) >= 11 is 0. The lowest BCUT2D eigenvalue weighted by molar-refractivity contribution is 0.0601. The molecule has 0 aliphatic heterocycles. The number of para-hydroxylation sites is 1. The zero-order chi connectivity index (χ0) is 18.7. The molecule has 26 heavy (non-hydrogen) atoms. The van der Waals surface area contributed by atoms with Crippen LogP contribution in [0.2, 0.25) is 0 Å². The quantitative estimate of drug-likeness (QED) is 0.678. The monoisotopic (exact) mass is 349 g/mol. The number of carbonyl (C=O) groups excluding carboxylic acids is 2. The summed E-state index contributed by atoms with van der Waals surface area (Å²) in [7, 11) is 2.97. The van der Waals surface area contributed by atoms with Gasteiger partial charge in [0.25, 0.3) is 5.91 Å². The summed E-state index contributed by atoms with van der Waals surface area (Å²) in [5.41, 5.74) is 3.18. The minimum atomic E-state index is -0.479. The van der Waals surface area contributed by atoms with Crippen LogP contribution in [-0.4, -0.2) is 35.6 Å². The first-order valence-corrected chi connectivity index (χ1v) is 8.07. The molecule has 0 atom stereocenters. The maximum atomic E-state index is 13.0. The predicted octanol–water partition coefficient (Wildman–Crippen LogP) is 3.24. The molecule has 1 aromatic heterocycles. The van der Waals surface area contributed by atoms with Gasteiger partial charge in [-0.2, -0.15) is 0 Å². The van der Waals surface area contributed by atoms with Crippen LogP contribution in [0.4, 0.5) is 5.69 Å². The van der Waals surface area contributed by atoms with Gasteiger partial charge in [0.15, 0.2) is 0 Å². The minimum Gasteiger partial charge on any atom is -0.465 e. The Hall–Kier alpha value is -3.41. The minimum absolute atomic E-state index is 0.198. The number of hydrogen-bond donors (Lipinski definition) is 0. The lowest BCUT2D eigenvalue weighted by Gasteiger charge is -2.21. The van der Waals surface area contributed by atoms with Gasteiger partial charge in [0.2, 0.25) is 0 Å². The number of hydrogen-bond acceptors (Lipinski definition) is 4. The van der Waals surface area contributed by atoms with Gasteiger partial charge in [-0.3, -0.25) is 4.79 Å². The number of ether oxygens (including phenoxy) is 1. The highest BCUT2D eigenvalue weighted by Gasteiger charge is 2.21.